The Hall–Kier alpha value is -3.02. The predicted molar refractivity (Wildman–Crippen MR) is 91.1 cm³/mol. The highest BCUT2D eigenvalue weighted by Crippen LogP contribution is 2.32. The van der Waals surface area contributed by atoms with Crippen LogP contribution in [0, 0.1) is 0 Å². The van der Waals surface area contributed by atoms with Crippen molar-refractivity contribution in [3.63, 3.8) is 0 Å². The van der Waals surface area contributed by atoms with E-state index in [9.17, 15) is 22.4 Å². The molecule has 4 rings (SSSR count). The number of rotatable bonds is 4. The summed E-state index contributed by atoms with van der Waals surface area (Å²) in [6, 6.07) is 0.896. The predicted octanol–water partition coefficient (Wildman–Crippen LogP) is 2.48. The molecule has 0 aromatic carbocycles. The largest absolute Gasteiger partial charge is 0.417 e. The topological polar surface area (TPSA) is 77.5 Å². The van der Waals surface area contributed by atoms with E-state index in [0.717, 1.165) is 21.3 Å². The molecule has 4 heterocycles. The van der Waals surface area contributed by atoms with Gasteiger partial charge in [0.2, 0.25) is 0 Å². The molecule has 1 aliphatic heterocycles. The van der Waals surface area contributed by atoms with E-state index in [0.29, 0.717) is 13.0 Å². The second kappa shape index (κ2) is 7.10. The van der Waals surface area contributed by atoms with Crippen molar-refractivity contribution in [3.8, 4) is 5.69 Å². The highest BCUT2D eigenvalue weighted by molar-refractivity contribution is 5.94. The fourth-order valence-corrected chi connectivity index (χ4v) is 3.33. The zero-order valence-corrected chi connectivity index (χ0v) is 15.2. The van der Waals surface area contributed by atoms with Gasteiger partial charge in [0, 0.05) is 19.3 Å². The first-order chi connectivity index (χ1) is 13.7. The molecule has 29 heavy (non-hydrogen) atoms. The number of carbonyl (C=O) groups is 1. The monoisotopic (exact) mass is 412 g/mol. The summed E-state index contributed by atoms with van der Waals surface area (Å²) in [4.78, 5) is 22.2. The molecule has 0 radical (unpaired) electrons. The molecule has 0 bridgehead atoms. The zero-order chi connectivity index (χ0) is 20.8. The van der Waals surface area contributed by atoms with Gasteiger partial charge in [-0.05, 0) is 19.4 Å². The van der Waals surface area contributed by atoms with Crippen molar-refractivity contribution in [2.24, 2.45) is 0 Å². The third kappa shape index (κ3) is 3.67. The maximum atomic E-state index is 13.4. The SMILES string of the molecule is CC(F)O[C@H]1CCN(C(=O)c2cnc3c(-n4cncn4)cc(C(F)(F)F)cn23)C1. The van der Waals surface area contributed by atoms with Gasteiger partial charge in [0.25, 0.3) is 5.91 Å². The molecule has 3 aromatic rings. The molecular weight excluding hydrogens is 396 g/mol. The number of hydrogen-bond donors (Lipinski definition) is 0. The van der Waals surface area contributed by atoms with Gasteiger partial charge >= 0.3 is 6.18 Å². The summed E-state index contributed by atoms with van der Waals surface area (Å²) < 4.78 is 60.6. The van der Waals surface area contributed by atoms with E-state index in [-0.39, 0.29) is 23.6 Å². The van der Waals surface area contributed by atoms with E-state index in [4.69, 9.17) is 4.74 Å². The Bertz CT molecular complexity index is 1030. The minimum Gasteiger partial charge on any atom is -0.343 e. The first kappa shape index (κ1) is 19.3. The molecule has 0 spiro atoms. The smallest absolute Gasteiger partial charge is 0.343 e. The molecule has 1 aliphatic rings. The number of nitrogens with zero attached hydrogens (tertiary/aromatic N) is 6. The van der Waals surface area contributed by atoms with Crippen LogP contribution < -0.4 is 0 Å². The van der Waals surface area contributed by atoms with Crippen LogP contribution in [-0.2, 0) is 10.9 Å². The molecule has 1 fully saturated rings. The molecule has 12 heteroatoms. The molecule has 154 valence electrons. The van der Waals surface area contributed by atoms with Gasteiger partial charge in [-0.2, -0.15) is 18.3 Å². The van der Waals surface area contributed by atoms with Crippen LogP contribution in [0.1, 0.15) is 29.4 Å². The highest BCUT2D eigenvalue weighted by atomic mass is 19.4. The number of fused-ring (bicyclic) bond motifs is 1. The van der Waals surface area contributed by atoms with Crippen molar-refractivity contribution >= 4 is 11.6 Å². The first-order valence-electron chi connectivity index (χ1n) is 8.76. The summed E-state index contributed by atoms with van der Waals surface area (Å²) >= 11 is 0. The van der Waals surface area contributed by atoms with Crippen LogP contribution in [-0.4, -0.2) is 60.5 Å². The number of ether oxygens (including phenoxy) is 1. The summed E-state index contributed by atoms with van der Waals surface area (Å²) in [6.07, 6.45) is -1.67. The molecule has 0 aliphatic carbocycles. The van der Waals surface area contributed by atoms with Gasteiger partial charge in [0.05, 0.1) is 17.9 Å². The molecule has 1 unspecified atom stereocenters. The van der Waals surface area contributed by atoms with E-state index >= 15 is 0 Å². The van der Waals surface area contributed by atoms with Crippen LogP contribution in [0.5, 0.6) is 0 Å². The van der Waals surface area contributed by atoms with Gasteiger partial charge in [-0.25, -0.2) is 19.0 Å². The van der Waals surface area contributed by atoms with E-state index < -0.39 is 30.1 Å². The first-order valence-corrected chi connectivity index (χ1v) is 8.76. The number of hydrogen-bond acceptors (Lipinski definition) is 5. The molecule has 0 saturated carbocycles. The quantitative estimate of drug-likeness (QED) is 0.616. The van der Waals surface area contributed by atoms with Crippen molar-refractivity contribution in [3.05, 3.63) is 42.4 Å². The maximum Gasteiger partial charge on any atom is 0.417 e. The lowest BCUT2D eigenvalue weighted by molar-refractivity contribution is -0.137. The second-order valence-corrected chi connectivity index (χ2v) is 6.63. The molecular formula is C17H16F4N6O2. The van der Waals surface area contributed by atoms with Crippen LogP contribution in [0.4, 0.5) is 17.6 Å². The number of likely N-dealkylation sites (tertiary alicyclic amines) is 1. The van der Waals surface area contributed by atoms with E-state index in [2.05, 4.69) is 15.1 Å². The number of amides is 1. The Kier molecular flexibility index (Phi) is 4.73. The number of alkyl halides is 4. The van der Waals surface area contributed by atoms with Gasteiger partial charge in [-0.1, -0.05) is 0 Å². The lowest BCUT2D eigenvalue weighted by atomic mass is 10.2. The lowest BCUT2D eigenvalue weighted by Gasteiger charge is -2.17. The van der Waals surface area contributed by atoms with Gasteiger partial charge in [-0.3, -0.25) is 9.20 Å². The number of carbonyl (C=O) groups excluding carboxylic acids is 1. The Labute approximate surface area is 161 Å². The summed E-state index contributed by atoms with van der Waals surface area (Å²) in [5.74, 6) is -0.515. The fraction of sp³-hybridized carbons (Fsp3) is 0.412. The van der Waals surface area contributed by atoms with Crippen LogP contribution in [0.3, 0.4) is 0 Å². The molecule has 1 saturated heterocycles. The van der Waals surface area contributed by atoms with E-state index in [1.54, 1.807) is 0 Å². The van der Waals surface area contributed by atoms with Gasteiger partial charge < -0.3 is 9.64 Å². The minimum absolute atomic E-state index is 0.0326. The van der Waals surface area contributed by atoms with Crippen LogP contribution in [0.15, 0.2) is 31.1 Å². The number of pyridine rings is 1. The summed E-state index contributed by atoms with van der Waals surface area (Å²) in [5, 5.41) is 3.87. The number of imidazole rings is 1. The van der Waals surface area contributed by atoms with Crippen molar-refractivity contribution < 1.29 is 27.1 Å². The summed E-state index contributed by atoms with van der Waals surface area (Å²) in [7, 11) is 0. The van der Waals surface area contributed by atoms with E-state index in [1.165, 1.54) is 30.7 Å². The van der Waals surface area contributed by atoms with E-state index in [1.807, 2.05) is 0 Å². The highest BCUT2D eigenvalue weighted by Gasteiger charge is 2.34. The third-order valence-corrected chi connectivity index (χ3v) is 4.61. The molecule has 0 N–H and O–H groups in total. The molecule has 1 amide bonds. The van der Waals surface area contributed by atoms with Crippen molar-refractivity contribution in [1.29, 1.82) is 0 Å². The third-order valence-electron chi connectivity index (χ3n) is 4.61. The van der Waals surface area contributed by atoms with Crippen LogP contribution in [0.2, 0.25) is 0 Å². The Balaban J connectivity index is 1.74. The molecule has 3 aromatic heterocycles. The van der Waals surface area contributed by atoms with Crippen LogP contribution >= 0.6 is 0 Å². The normalized spacial score (nSPS) is 18.5. The van der Waals surface area contributed by atoms with Gasteiger partial charge in [0.15, 0.2) is 12.0 Å². The van der Waals surface area contributed by atoms with Gasteiger partial charge in [0.1, 0.15) is 24.0 Å². The lowest BCUT2D eigenvalue weighted by Crippen LogP contribution is -2.31. The minimum atomic E-state index is -4.64. The van der Waals surface area contributed by atoms with Gasteiger partial charge in [-0.15, -0.1) is 0 Å². The summed E-state index contributed by atoms with van der Waals surface area (Å²) in [5.41, 5.74) is -0.848. The molecule has 8 nitrogen and oxygen atoms in total. The average Bonchev–Trinajstić information content (AvgIpc) is 3.39. The van der Waals surface area contributed by atoms with Crippen molar-refractivity contribution in [2.75, 3.05) is 13.1 Å². The standard InChI is InChI=1S/C17H16F4N6O2/c1-10(18)29-12-2-3-25(7-12)16(28)14-5-23-15-13(27-9-22-8-24-27)4-11(6-26(14)15)17(19,20)21/h4-6,8-10,12H,2-3,7H2,1H3/t10?,12-/m0/s1. The number of halogens is 4. The Morgan fingerprint density at radius 3 is 2.83 bits per heavy atom. The maximum absolute atomic E-state index is 13.4. The van der Waals surface area contributed by atoms with Crippen LogP contribution in [0.25, 0.3) is 11.3 Å². The van der Waals surface area contributed by atoms with Crippen molar-refractivity contribution in [2.45, 2.75) is 32.0 Å². The Morgan fingerprint density at radius 2 is 2.17 bits per heavy atom. The average molecular weight is 412 g/mol. The van der Waals surface area contributed by atoms with Crippen molar-refractivity contribution in [1.82, 2.24) is 29.0 Å². The second-order valence-electron chi connectivity index (χ2n) is 6.63. The molecule has 2 atom stereocenters. The number of aromatic nitrogens is 5. The Morgan fingerprint density at radius 1 is 1.38 bits per heavy atom. The zero-order valence-electron chi connectivity index (χ0n) is 15.2. The summed E-state index contributed by atoms with van der Waals surface area (Å²) in [6.45, 7) is 1.70. The fourth-order valence-electron chi connectivity index (χ4n) is 3.33.